The second kappa shape index (κ2) is 6.34. The van der Waals surface area contributed by atoms with Gasteiger partial charge in [0.1, 0.15) is 5.82 Å². The van der Waals surface area contributed by atoms with Crippen LogP contribution in [0.4, 0.5) is 11.5 Å². The van der Waals surface area contributed by atoms with Gasteiger partial charge in [-0.3, -0.25) is 0 Å². The maximum Gasteiger partial charge on any atom is 0.133 e. The van der Waals surface area contributed by atoms with Crippen molar-refractivity contribution in [1.29, 1.82) is 0 Å². The highest BCUT2D eigenvalue weighted by Gasteiger charge is 2.08. The van der Waals surface area contributed by atoms with Crippen LogP contribution in [0.15, 0.2) is 42.5 Å². The third-order valence-electron chi connectivity index (χ3n) is 3.09. The molecule has 0 amide bonds. The third-order valence-corrected chi connectivity index (χ3v) is 3.09. The van der Waals surface area contributed by atoms with Gasteiger partial charge in [0, 0.05) is 18.8 Å². The molecule has 0 aliphatic carbocycles. The first-order valence-corrected chi connectivity index (χ1v) is 6.69. The van der Waals surface area contributed by atoms with Crippen LogP contribution in [-0.2, 0) is 6.54 Å². The lowest BCUT2D eigenvalue weighted by molar-refractivity contribution is 0.788. The number of hydrogen-bond donors (Lipinski definition) is 1. The van der Waals surface area contributed by atoms with E-state index >= 15 is 0 Å². The quantitative estimate of drug-likeness (QED) is 0.888. The predicted molar refractivity (Wildman–Crippen MR) is 80.9 cm³/mol. The third kappa shape index (κ3) is 3.32. The number of nitrogens with zero attached hydrogens (tertiary/aromatic N) is 2. The Labute approximate surface area is 115 Å². The summed E-state index contributed by atoms with van der Waals surface area (Å²) in [6.07, 6.45) is 0. The average molecular weight is 255 g/mol. The van der Waals surface area contributed by atoms with Gasteiger partial charge in [-0.25, -0.2) is 4.98 Å². The van der Waals surface area contributed by atoms with E-state index in [1.807, 2.05) is 13.1 Å². The summed E-state index contributed by atoms with van der Waals surface area (Å²) in [7, 11) is 1.94. The van der Waals surface area contributed by atoms with E-state index < -0.39 is 0 Å². The topological polar surface area (TPSA) is 28.2 Å². The van der Waals surface area contributed by atoms with E-state index in [1.165, 1.54) is 11.3 Å². The first-order chi connectivity index (χ1) is 9.24. The first-order valence-electron chi connectivity index (χ1n) is 6.69. The van der Waals surface area contributed by atoms with Crippen LogP contribution in [0.5, 0.6) is 0 Å². The van der Waals surface area contributed by atoms with E-state index in [1.54, 1.807) is 0 Å². The Hall–Kier alpha value is -1.87. The van der Waals surface area contributed by atoms with Crippen molar-refractivity contribution >= 4 is 11.5 Å². The number of rotatable bonds is 5. The van der Waals surface area contributed by atoms with Gasteiger partial charge in [0.15, 0.2) is 0 Å². The van der Waals surface area contributed by atoms with Gasteiger partial charge in [0.05, 0.1) is 5.69 Å². The van der Waals surface area contributed by atoms with Crippen molar-refractivity contribution in [2.75, 3.05) is 18.5 Å². The van der Waals surface area contributed by atoms with E-state index in [9.17, 15) is 0 Å². The van der Waals surface area contributed by atoms with Crippen molar-refractivity contribution in [2.24, 2.45) is 0 Å². The van der Waals surface area contributed by atoms with Crippen LogP contribution < -0.4 is 10.2 Å². The minimum absolute atomic E-state index is 0.791. The fraction of sp³-hybridized carbons (Fsp3) is 0.312. The fourth-order valence-electron chi connectivity index (χ4n) is 2.10. The zero-order valence-electron chi connectivity index (χ0n) is 11.9. The second-order valence-electron chi connectivity index (χ2n) is 4.60. The number of anilines is 2. The molecule has 0 atom stereocenters. The number of aromatic nitrogens is 1. The van der Waals surface area contributed by atoms with Gasteiger partial charge in [0.2, 0.25) is 0 Å². The number of benzene rings is 1. The van der Waals surface area contributed by atoms with Crippen molar-refractivity contribution in [3.63, 3.8) is 0 Å². The van der Waals surface area contributed by atoms with Crippen molar-refractivity contribution in [3.8, 4) is 0 Å². The molecule has 0 aliphatic heterocycles. The molecule has 1 aromatic carbocycles. The Morgan fingerprint density at radius 1 is 1.11 bits per heavy atom. The second-order valence-corrected chi connectivity index (χ2v) is 4.60. The molecule has 0 bridgehead atoms. The van der Waals surface area contributed by atoms with Gasteiger partial charge in [-0.2, -0.15) is 0 Å². The molecule has 0 saturated carbocycles. The van der Waals surface area contributed by atoms with E-state index in [0.717, 1.165) is 24.6 Å². The Balaban J connectivity index is 2.30. The van der Waals surface area contributed by atoms with Crippen LogP contribution in [0.25, 0.3) is 0 Å². The Morgan fingerprint density at radius 3 is 2.47 bits per heavy atom. The standard InChI is InChI=1S/C16H21N3/c1-4-19(15-10-8-13(2)9-11-15)16-7-5-6-14(18-16)12-17-3/h5-11,17H,4,12H2,1-3H3. The summed E-state index contributed by atoms with van der Waals surface area (Å²) in [4.78, 5) is 6.92. The molecule has 2 aromatic rings. The molecule has 2 rings (SSSR count). The Bertz CT molecular complexity index is 520. The minimum Gasteiger partial charge on any atom is -0.327 e. The number of nitrogens with one attached hydrogen (secondary N) is 1. The fourth-order valence-corrected chi connectivity index (χ4v) is 2.10. The first kappa shape index (κ1) is 13.6. The van der Waals surface area contributed by atoms with Crippen LogP contribution in [0.3, 0.4) is 0 Å². The molecule has 0 fully saturated rings. The highest BCUT2D eigenvalue weighted by atomic mass is 15.2. The van der Waals surface area contributed by atoms with Crippen molar-refractivity contribution in [2.45, 2.75) is 20.4 Å². The van der Waals surface area contributed by atoms with Gasteiger partial charge < -0.3 is 10.2 Å². The smallest absolute Gasteiger partial charge is 0.133 e. The molecule has 1 N–H and O–H groups in total. The van der Waals surface area contributed by atoms with Gasteiger partial charge in [-0.1, -0.05) is 23.8 Å². The van der Waals surface area contributed by atoms with Crippen LogP contribution in [0, 0.1) is 6.92 Å². The van der Waals surface area contributed by atoms with Gasteiger partial charge >= 0.3 is 0 Å². The summed E-state index contributed by atoms with van der Waals surface area (Å²) in [5, 5.41) is 3.13. The number of hydrogen-bond acceptors (Lipinski definition) is 3. The molecule has 0 unspecified atom stereocenters. The average Bonchev–Trinajstić information content (AvgIpc) is 2.43. The van der Waals surface area contributed by atoms with Crippen LogP contribution in [0.1, 0.15) is 18.2 Å². The molecule has 1 heterocycles. The molecule has 0 aliphatic rings. The van der Waals surface area contributed by atoms with E-state index in [2.05, 4.69) is 60.5 Å². The highest BCUT2D eigenvalue weighted by Crippen LogP contribution is 2.23. The molecule has 0 spiro atoms. The maximum atomic E-state index is 4.70. The lowest BCUT2D eigenvalue weighted by Gasteiger charge is -2.22. The van der Waals surface area contributed by atoms with E-state index in [-0.39, 0.29) is 0 Å². The van der Waals surface area contributed by atoms with Crippen LogP contribution >= 0.6 is 0 Å². The highest BCUT2D eigenvalue weighted by molar-refractivity contribution is 5.60. The summed E-state index contributed by atoms with van der Waals surface area (Å²) in [6.45, 7) is 5.94. The van der Waals surface area contributed by atoms with Crippen molar-refractivity contribution in [3.05, 3.63) is 53.7 Å². The Kier molecular flexibility index (Phi) is 4.53. The summed E-state index contributed by atoms with van der Waals surface area (Å²) in [5.41, 5.74) is 3.52. The number of pyridine rings is 1. The SMILES string of the molecule is CCN(c1ccc(C)cc1)c1cccc(CNC)n1. The monoisotopic (exact) mass is 255 g/mol. The molecule has 19 heavy (non-hydrogen) atoms. The van der Waals surface area contributed by atoms with Gasteiger partial charge in [-0.05, 0) is 45.2 Å². The van der Waals surface area contributed by atoms with Crippen LogP contribution in [0.2, 0.25) is 0 Å². The predicted octanol–water partition coefficient (Wildman–Crippen LogP) is 3.27. The molecule has 3 nitrogen and oxygen atoms in total. The van der Waals surface area contributed by atoms with Gasteiger partial charge in [0.25, 0.3) is 0 Å². The maximum absolute atomic E-state index is 4.70. The number of aryl methyl sites for hydroxylation is 1. The molecule has 0 radical (unpaired) electrons. The summed E-state index contributed by atoms with van der Waals surface area (Å²) >= 11 is 0. The van der Waals surface area contributed by atoms with Crippen molar-refractivity contribution < 1.29 is 0 Å². The minimum atomic E-state index is 0.791. The molecule has 1 aromatic heterocycles. The Morgan fingerprint density at radius 2 is 1.84 bits per heavy atom. The largest absolute Gasteiger partial charge is 0.327 e. The van der Waals surface area contributed by atoms with E-state index in [4.69, 9.17) is 4.98 Å². The lowest BCUT2D eigenvalue weighted by atomic mass is 10.2. The molecule has 100 valence electrons. The molecule has 3 heteroatoms. The zero-order valence-corrected chi connectivity index (χ0v) is 11.9. The lowest BCUT2D eigenvalue weighted by Crippen LogP contribution is -2.18. The molecular weight excluding hydrogens is 234 g/mol. The zero-order chi connectivity index (χ0) is 13.7. The summed E-state index contributed by atoms with van der Waals surface area (Å²) < 4.78 is 0. The summed E-state index contributed by atoms with van der Waals surface area (Å²) in [5.74, 6) is 0.999. The normalized spacial score (nSPS) is 10.5. The van der Waals surface area contributed by atoms with Crippen LogP contribution in [-0.4, -0.2) is 18.6 Å². The van der Waals surface area contributed by atoms with E-state index in [0.29, 0.717) is 0 Å². The molecule has 0 saturated heterocycles. The molecular formula is C16H21N3. The van der Waals surface area contributed by atoms with Crippen molar-refractivity contribution in [1.82, 2.24) is 10.3 Å². The van der Waals surface area contributed by atoms with Gasteiger partial charge in [-0.15, -0.1) is 0 Å². The summed E-state index contributed by atoms with van der Waals surface area (Å²) in [6, 6.07) is 14.7.